The van der Waals surface area contributed by atoms with E-state index in [1.165, 1.54) is 0 Å². The molecule has 3 heterocycles. The van der Waals surface area contributed by atoms with Crippen molar-refractivity contribution in [3.8, 4) is 0 Å². The highest BCUT2D eigenvalue weighted by Crippen LogP contribution is 2.21. The molecule has 7 nitrogen and oxygen atoms in total. The third kappa shape index (κ3) is 3.25. The summed E-state index contributed by atoms with van der Waals surface area (Å²) < 4.78 is 10.4. The first-order chi connectivity index (χ1) is 10.2. The second-order valence-electron chi connectivity index (χ2n) is 5.03. The summed E-state index contributed by atoms with van der Waals surface area (Å²) in [6, 6.07) is 3.89. The topological polar surface area (TPSA) is 80.7 Å². The number of furan rings is 1. The molecule has 3 rings (SSSR count). The van der Waals surface area contributed by atoms with Crippen LogP contribution in [0.3, 0.4) is 0 Å². The SMILES string of the molecule is CN(Cc1ccoc1)c1cc(N2CCOCC2)nc(N)n1. The van der Waals surface area contributed by atoms with Gasteiger partial charge in [-0.1, -0.05) is 0 Å². The second kappa shape index (κ2) is 6.01. The number of nitrogen functional groups attached to an aromatic ring is 1. The maximum absolute atomic E-state index is 5.85. The predicted octanol–water partition coefficient (Wildman–Crippen LogP) is 1.12. The quantitative estimate of drug-likeness (QED) is 0.903. The molecule has 1 aliphatic rings. The first kappa shape index (κ1) is 13.7. The molecule has 0 atom stereocenters. The van der Waals surface area contributed by atoms with Crippen LogP contribution in [0.4, 0.5) is 17.6 Å². The number of hydrogen-bond acceptors (Lipinski definition) is 7. The summed E-state index contributed by atoms with van der Waals surface area (Å²) in [4.78, 5) is 12.8. The summed E-state index contributed by atoms with van der Waals surface area (Å²) in [6.45, 7) is 3.77. The van der Waals surface area contributed by atoms with Crippen LogP contribution >= 0.6 is 0 Å². The molecule has 0 amide bonds. The van der Waals surface area contributed by atoms with Gasteiger partial charge in [-0.15, -0.1) is 0 Å². The van der Waals surface area contributed by atoms with Gasteiger partial charge in [-0.2, -0.15) is 9.97 Å². The van der Waals surface area contributed by atoms with Crippen LogP contribution < -0.4 is 15.5 Å². The lowest BCUT2D eigenvalue weighted by atomic mass is 10.3. The van der Waals surface area contributed by atoms with E-state index < -0.39 is 0 Å². The summed E-state index contributed by atoms with van der Waals surface area (Å²) in [6.07, 6.45) is 3.39. The Labute approximate surface area is 123 Å². The highest BCUT2D eigenvalue weighted by atomic mass is 16.5. The van der Waals surface area contributed by atoms with Crippen molar-refractivity contribution < 1.29 is 9.15 Å². The van der Waals surface area contributed by atoms with Crippen molar-refractivity contribution in [1.29, 1.82) is 0 Å². The Hall–Kier alpha value is -2.28. The first-order valence-electron chi connectivity index (χ1n) is 6.92. The molecule has 0 bridgehead atoms. The van der Waals surface area contributed by atoms with Crippen molar-refractivity contribution >= 4 is 17.6 Å². The Kier molecular flexibility index (Phi) is 3.92. The number of nitrogens with zero attached hydrogens (tertiary/aromatic N) is 4. The van der Waals surface area contributed by atoms with Gasteiger partial charge in [0.15, 0.2) is 0 Å². The van der Waals surface area contributed by atoms with Gasteiger partial charge in [0.05, 0.1) is 25.7 Å². The summed E-state index contributed by atoms with van der Waals surface area (Å²) in [5, 5.41) is 0. The molecule has 7 heteroatoms. The Morgan fingerprint density at radius 3 is 2.86 bits per heavy atom. The van der Waals surface area contributed by atoms with Gasteiger partial charge in [-0.3, -0.25) is 0 Å². The van der Waals surface area contributed by atoms with Crippen molar-refractivity contribution in [2.75, 3.05) is 48.9 Å². The predicted molar refractivity (Wildman–Crippen MR) is 80.3 cm³/mol. The van der Waals surface area contributed by atoms with Crippen molar-refractivity contribution in [2.24, 2.45) is 0 Å². The minimum atomic E-state index is 0.285. The average Bonchev–Trinajstić information content (AvgIpc) is 3.00. The van der Waals surface area contributed by atoms with Gasteiger partial charge in [-0.25, -0.2) is 0 Å². The molecule has 21 heavy (non-hydrogen) atoms. The molecular weight excluding hydrogens is 270 g/mol. The molecule has 112 valence electrons. The van der Waals surface area contributed by atoms with E-state index in [0.717, 1.165) is 30.3 Å². The third-order valence-corrected chi connectivity index (χ3v) is 3.44. The normalized spacial score (nSPS) is 15.2. The van der Waals surface area contributed by atoms with Crippen LogP contribution in [0.1, 0.15) is 5.56 Å². The minimum absolute atomic E-state index is 0.285. The third-order valence-electron chi connectivity index (χ3n) is 3.44. The molecule has 0 spiro atoms. The fourth-order valence-corrected chi connectivity index (χ4v) is 2.33. The van der Waals surface area contributed by atoms with E-state index >= 15 is 0 Å². The fraction of sp³-hybridized carbons (Fsp3) is 0.429. The van der Waals surface area contributed by atoms with Crippen LogP contribution in [0, 0.1) is 0 Å². The zero-order valence-corrected chi connectivity index (χ0v) is 12.0. The minimum Gasteiger partial charge on any atom is -0.472 e. The molecule has 0 radical (unpaired) electrons. The van der Waals surface area contributed by atoms with Crippen LogP contribution in [0.2, 0.25) is 0 Å². The largest absolute Gasteiger partial charge is 0.472 e. The van der Waals surface area contributed by atoms with Crippen LogP contribution in [0.15, 0.2) is 29.1 Å². The lowest BCUT2D eigenvalue weighted by Crippen LogP contribution is -2.37. The zero-order valence-electron chi connectivity index (χ0n) is 12.0. The molecule has 1 aliphatic heterocycles. The zero-order chi connectivity index (χ0) is 14.7. The van der Waals surface area contributed by atoms with Gasteiger partial charge in [0.25, 0.3) is 0 Å². The van der Waals surface area contributed by atoms with Gasteiger partial charge < -0.3 is 24.7 Å². The Morgan fingerprint density at radius 2 is 2.14 bits per heavy atom. The fourth-order valence-electron chi connectivity index (χ4n) is 2.33. The van der Waals surface area contributed by atoms with Gasteiger partial charge in [0.1, 0.15) is 11.6 Å². The highest BCUT2D eigenvalue weighted by Gasteiger charge is 2.15. The van der Waals surface area contributed by atoms with E-state index in [1.54, 1.807) is 12.5 Å². The van der Waals surface area contributed by atoms with E-state index in [2.05, 4.69) is 14.9 Å². The number of anilines is 3. The Balaban J connectivity index is 1.79. The van der Waals surface area contributed by atoms with Crippen molar-refractivity contribution in [3.05, 3.63) is 30.2 Å². The Morgan fingerprint density at radius 1 is 1.33 bits per heavy atom. The molecule has 1 fully saturated rings. The number of nitrogens with two attached hydrogens (primary N) is 1. The van der Waals surface area contributed by atoms with Gasteiger partial charge >= 0.3 is 0 Å². The van der Waals surface area contributed by atoms with Crippen LogP contribution in [-0.2, 0) is 11.3 Å². The van der Waals surface area contributed by atoms with Crippen molar-refractivity contribution in [2.45, 2.75) is 6.54 Å². The van der Waals surface area contributed by atoms with E-state index in [9.17, 15) is 0 Å². The van der Waals surface area contributed by atoms with E-state index in [4.69, 9.17) is 14.9 Å². The molecular formula is C14H19N5O2. The lowest BCUT2D eigenvalue weighted by Gasteiger charge is -2.28. The van der Waals surface area contributed by atoms with Crippen LogP contribution in [-0.4, -0.2) is 43.3 Å². The highest BCUT2D eigenvalue weighted by molar-refractivity contribution is 5.54. The van der Waals surface area contributed by atoms with Crippen molar-refractivity contribution in [3.63, 3.8) is 0 Å². The number of morpholine rings is 1. The Bertz CT molecular complexity index is 581. The summed E-state index contributed by atoms with van der Waals surface area (Å²) >= 11 is 0. The molecule has 2 aromatic heterocycles. The summed E-state index contributed by atoms with van der Waals surface area (Å²) in [5.74, 6) is 1.93. The average molecular weight is 289 g/mol. The standard InChI is InChI=1S/C14H19N5O2/c1-18(9-11-2-5-21-10-11)12-8-13(17-14(15)16-12)19-3-6-20-7-4-19/h2,5,8,10H,3-4,6-7,9H2,1H3,(H2,15,16,17). The van der Waals surface area contributed by atoms with Gasteiger partial charge in [0.2, 0.25) is 5.95 Å². The van der Waals surface area contributed by atoms with E-state index in [-0.39, 0.29) is 5.95 Å². The molecule has 1 saturated heterocycles. The number of aromatic nitrogens is 2. The van der Waals surface area contributed by atoms with E-state index in [0.29, 0.717) is 19.8 Å². The molecule has 0 aromatic carbocycles. The summed E-state index contributed by atoms with van der Waals surface area (Å²) in [7, 11) is 1.97. The van der Waals surface area contributed by atoms with Crippen molar-refractivity contribution in [1.82, 2.24) is 9.97 Å². The molecule has 0 aliphatic carbocycles. The second-order valence-corrected chi connectivity index (χ2v) is 5.03. The number of hydrogen-bond donors (Lipinski definition) is 1. The monoisotopic (exact) mass is 289 g/mol. The van der Waals surface area contributed by atoms with E-state index in [1.807, 2.05) is 24.1 Å². The van der Waals surface area contributed by atoms with Gasteiger partial charge in [0, 0.05) is 38.3 Å². The van der Waals surface area contributed by atoms with Gasteiger partial charge in [-0.05, 0) is 6.07 Å². The molecule has 2 N–H and O–H groups in total. The number of rotatable bonds is 4. The molecule has 2 aromatic rings. The summed E-state index contributed by atoms with van der Waals surface area (Å²) in [5.41, 5.74) is 6.94. The van der Waals surface area contributed by atoms with Crippen LogP contribution in [0.5, 0.6) is 0 Å². The lowest BCUT2D eigenvalue weighted by molar-refractivity contribution is 0.122. The van der Waals surface area contributed by atoms with Crippen LogP contribution in [0.25, 0.3) is 0 Å². The smallest absolute Gasteiger partial charge is 0.223 e. The number of ether oxygens (including phenoxy) is 1. The first-order valence-corrected chi connectivity index (χ1v) is 6.92. The maximum Gasteiger partial charge on any atom is 0.223 e. The maximum atomic E-state index is 5.85. The molecule has 0 saturated carbocycles. The molecule has 0 unspecified atom stereocenters.